The van der Waals surface area contributed by atoms with Crippen LogP contribution in [0.3, 0.4) is 0 Å². The lowest BCUT2D eigenvalue weighted by Gasteiger charge is -2.13. The largest absolute Gasteiger partial charge is 0.338 e. The highest BCUT2D eigenvalue weighted by molar-refractivity contribution is 7.18. The first kappa shape index (κ1) is 15.0. The quantitative estimate of drug-likeness (QED) is 0.792. The molecule has 0 unspecified atom stereocenters. The summed E-state index contributed by atoms with van der Waals surface area (Å²) in [7, 11) is 1.69. The molecule has 6 nitrogen and oxygen atoms in total. The van der Waals surface area contributed by atoms with Gasteiger partial charge in [-0.3, -0.25) is 4.79 Å². The van der Waals surface area contributed by atoms with Gasteiger partial charge in [0, 0.05) is 31.9 Å². The van der Waals surface area contributed by atoms with Crippen molar-refractivity contribution >= 4 is 34.4 Å². The van der Waals surface area contributed by atoms with E-state index in [1.165, 1.54) is 16.2 Å². The van der Waals surface area contributed by atoms with E-state index in [1.54, 1.807) is 17.8 Å². The highest BCUT2D eigenvalue weighted by atomic mass is 35.5. The van der Waals surface area contributed by atoms with E-state index < -0.39 is 0 Å². The van der Waals surface area contributed by atoms with Gasteiger partial charge in [-0.1, -0.05) is 29.0 Å². The molecule has 114 valence electrons. The number of likely N-dealkylation sites (N-methyl/N-ethyl adjacent to an activating group) is 1. The number of hydrogen-bond acceptors (Lipinski definition) is 5. The second kappa shape index (κ2) is 6.04. The highest BCUT2D eigenvalue weighted by Gasteiger charge is 2.21. The van der Waals surface area contributed by atoms with Gasteiger partial charge >= 0.3 is 0 Å². The van der Waals surface area contributed by atoms with Crippen LogP contribution >= 0.6 is 22.9 Å². The fourth-order valence-corrected chi connectivity index (χ4v) is 3.30. The Kier molecular flexibility index (Phi) is 4.10. The summed E-state index contributed by atoms with van der Waals surface area (Å²) in [6.07, 6.45) is 3.55. The molecule has 8 heteroatoms. The second-order valence-corrected chi connectivity index (χ2v) is 6.35. The molecule has 0 aromatic carbocycles. The Morgan fingerprint density at radius 2 is 2.32 bits per heavy atom. The molecule has 3 aromatic rings. The third-order valence-corrected chi connectivity index (χ3v) is 4.50. The van der Waals surface area contributed by atoms with Crippen LogP contribution in [0.2, 0.25) is 4.34 Å². The Morgan fingerprint density at radius 1 is 1.50 bits per heavy atom. The van der Waals surface area contributed by atoms with Crippen LogP contribution in [0.4, 0.5) is 0 Å². The van der Waals surface area contributed by atoms with E-state index in [0.29, 0.717) is 28.1 Å². The van der Waals surface area contributed by atoms with Crippen LogP contribution in [0, 0.1) is 0 Å². The Labute approximate surface area is 136 Å². The highest BCUT2D eigenvalue weighted by Crippen LogP contribution is 2.35. The fourth-order valence-electron chi connectivity index (χ4n) is 2.13. The summed E-state index contributed by atoms with van der Waals surface area (Å²) < 4.78 is 2.22. The number of carbonyl (C=O) groups is 1. The van der Waals surface area contributed by atoms with Gasteiger partial charge in [0.05, 0.1) is 11.7 Å². The SMILES string of the molecule is CN(CCN)C(=O)c1nc(-c2cnn3ccccc23)c(Cl)s1. The maximum atomic E-state index is 12.3. The molecule has 0 bridgehead atoms. The fraction of sp³-hybridized carbons (Fsp3) is 0.214. The van der Waals surface area contributed by atoms with Crippen molar-refractivity contribution in [3.63, 3.8) is 0 Å². The van der Waals surface area contributed by atoms with Crippen molar-refractivity contribution in [1.29, 1.82) is 0 Å². The molecule has 1 amide bonds. The van der Waals surface area contributed by atoms with E-state index in [4.69, 9.17) is 17.3 Å². The van der Waals surface area contributed by atoms with Gasteiger partial charge in [0.1, 0.15) is 10.0 Å². The Bertz CT molecular complexity index is 828. The van der Waals surface area contributed by atoms with Crippen LogP contribution in [-0.4, -0.2) is 45.5 Å². The lowest BCUT2D eigenvalue weighted by Crippen LogP contribution is -2.31. The molecule has 3 rings (SSSR count). The minimum Gasteiger partial charge on any atom is -0.338 e. The van der Waals surface area contributed by atoms with Crippen LogP contribution in [-0.2, 0) is 0 Å². The third-order valence-electron chi connectivity index (χ3n) is 3.26. The molecular weight excluding hydrogens is 322 g/mol. The van der Waals surface area contributed by atoms with Crippen LogP contribution in [0.15, 0.2) is 30.6 Å². The van der Waals surface area contributed by atoms with Crippen molar-refractivity contribution in [3.05, 3.63) is 39.9 Å². The van der Waals surface area contributed by atoms with E-state index >= 15 is 0 Å². The summed E-state index contributed by atoms with van der Waals surface area (Å²) >= 11 is 7.45. The normalized spacial score (nSPS) is 11.0. The molecule has 3 aromatic heterocycles. The van der Waals surface area contributed by atoms with Crippen molar-refractivity contribution in [2.75, 3.05) is 20.1 Å². The van der Waals surface area contributed by atoms with E-state index in [1.807, 2.05) is 24.4 Å². The molecule has 0 saturated carbocycles. The van der Waals surface area contributed by atoms with Crippen LogP contribution in [0.1, 0.15) is 9.80 Å². The Hall–Kier alpha value is -1.96. The number of halogens is 1. The smallest absolute Gasteiger partial charge is 0.282 e. The number of thiazole rings is 1. The van der Waals surface area contributed by atoms with Gasteiger partial charge in [0.2, 0.25) is 0 Å². The number of pyridine rings is 1. The zero-order chi connectivity index (χ0) is 15.7. The molecule has 0 fully saturated rings. The summed E-state index contributed by atoms with van der Waals surface area (Å²) in [5.41, 5.74) is 7.75. The number of aromatic nitrogens is 3. The molecule has 3 heterocycles. The number of amides is 1. The van der Waals surface area contributed by atoms with E-state index in [9.17, 15) is 4.79 Å². The van der Waals surface area contributed by atoms with Crippen molar-refractivity contribution in [2.24, 2.45) is 5.73 Å². The first-order valence-electron chi connectivity index (χ1n) is 6.66. The molecule has 0 atom stereocenters. The summed E-state index contributed by atoms with van der Waals surface area (Å²) in [5.74, 6) is -0.180. The van der Waals surface area contributed by atoms with Gasteiger partial charge in [-0.25, -0.2) is 9.50 Å². The van der Waals surface area contributed by atoms with E-state index in [2.05, 4.69) is 10.1 Å². The minimum absolute atomic E-state index is 0.180. The minimum atomic E-state index is -0.180. The third kappa shape index (κ3) is 2.58. The average molecular weight is 336 g/mol. The van der Waals surface area contributed by atoms with Gasteiger partial charge in [0.15, 0.2) is 5.01 Å². The summed E-state index contributed by atoms with van der Waals surface area (Å²) in [4.78, 5) is 18.2. The molecule has 0 aliphatic rings. The van der Waals surface area contributed by atoms with Crippen molar-refractivity contribution in [3.8, 4) is 11.3 Å². The number of nitrogens with zero attached hydrogens (tertiary/aromatic N) is 4. The zero-order valence-electron chi connectivity index (χ0n) is 11.9. The summed E-state index contributed by atoms with van der Waals surface area (Å²) in [6.45, 7) is 0.879. The number of rotatable bonds is 4. The molecule has 0 spiro atoms. The Morgan fingerprint density at radius 3 is 3.09 bits per heavy atom. The van der Waals surface area contributed by atoms with E-state index in [0.717, 1.165) is 11.1 Å². The van der Waals surface area contributed by atoms with Gasteiger partial charge in [-0.05, 0) is 12.1 Å². The lowest BCUT2D eigenvalue weighted by molar-refractivity contribution is 0.0798. The first-order chi connectivity index (χ1) is 10.6. The zero-order valence-corrected chi connectivity index (χ0v) is 13.4. The molecule has 2 N–H and O–H groups in total. The number of fused-ring (bicyclic) bond motifs is 1. The van der Waals surface area contributed by atoms with Gasteiger partial charge in [-0.15, -0.1) is 0 Å². The van der Waals surface area contributed by atoms with Crippen LogP contribution < -0.4 is 5.73 Å². The monoisotopic (exact) mass is 335 g/mol. The molecular formula is C14H14ClN5OS. The predicted octanol–water partition coefficient (Wildman–Crippen LogP) is 2.14. The van der Waals surface area contributed by atoms with Gasteiger partial charge in [-0.2, -0.15) is 5.10 Å². The second-order valence-electron chi connectivity index (χ2n) is 4.75. The lowest BCUT2D eigenvalue weighted by atomic mass is 10.2. The maximum Gasteiger partial charge on any atom is 0.282 e. The Balaban J connectivity index is 2.01. The molecule has 0 radical (unpaired) electrons. The number of nitrogens with two attached hydrogens (primary N) is 1. The van der Waals surface area contributed by atoms with Gasteiger partial charge < -0.3 is 10.6 Å². The van der Waals surface area contributed by atoms with Crippen molar-refractivity contribution in [1.82, 2.24) is 19.5 Å². The molecule has 22 heavy (non-hydrogen) atoms. The van der Waals surface area contributed by atoms with Crippen molar-refractivity contribution < 1.29 is 4.79 Å². The average Bonchev–Trinajstić information content (AvgIpc) is 3.10. The maximum absolute atomic E-state index is 12.3. The molecule has 0 aliphatic carbocycles. The summed E-state index contributed by atoms with van der Waals surface area (Å²) in [5, 5.41) is 4.62. The topological polar surface area (TPSA) is 76.5 Å². The van der Waals surface area contributed by atoms with E-state index in [-0.39, 0.29) is 5.91 Å². The standard InChI is InChI=1S/C14H14ClN5OS/c1-19(7-5-16)14(21)13-18-11(12(15)22-13)9-8-17-20-6-3-2-4-10(9)20/h2-4,6,8H,5,7,16H2,1H3. The first-order valence-corrected chi connectivity index (χ1v) is 7.86. The molecule has 0 aliphatic heterocycles. The number of carbonyl (C=O) groups excluding carboxylic acids is 1. The number of hydrogen-bond donors (Lipinski definition) is 1. The van der Waals surface area contributed by atoms with Crippen molar-refractivity contribution in [2.45, 2.75) is 0 Å². The summed E-state index contributed by atoms with van der Waals surface area (Å²) in [6, 6.07) is 5.74. The molecule has 0 saturated heterocycles. The van der Waals surface area contributed by atoms with Crippen LogP contribution in [0.5, 0.6) is 0 Å². The predicted molar refractivity (Wildman–Crippen MR) is 87.3 cm³/mol. The van der Waals surface area contributed by atoms with Crippen LogP contribution in [0.25, 0.3) is 16.8 Å². The van der Waals surface area contributed by atoms with Gasteiger partial charge in [0.25, 0.3) is 5.91 Å².